The second-order valence-electron chi connectivity index (χ2n) is 2.71. The lowest BCUT2D eigenvalue weighted by atomic mass is 10.1. The van der Waals surface area contributed by atoms with Gasteiger partial charge in [-0.2, -0.15) is 0 Å². The summed E-state index contributed by atoms with van der Waals surface area (Å²) in [5.41, 5.74) is 2.11. The fraction of sp³-hybridized carbons (Fsp3) is 0.273. The van der Waals surface area contributed by atoms with E-state index in [0.29, 0.717) is 19.1 Å². The number of hydrogen-bond donors (Lipinski definition) is 0. The molecule has 0 spiro atoms. The summed E-state index contributed by atoms with van der Waals surface area (Å²) in [5, 5.41) is 0. The van der Waals surface area contributed by atoms with Crippen LogP contribution < -0.4 is 0 Å². The summed E-state index contributed by atoms with van der Waals surface area (Å²) < 4.78 is 5.27. The molecule has 0 fully saturated rings. The Morgan fingerprint density at radius 3 is 2.62 bits per heavy atom. The Morgan fingerprint density at radius 1 is 1.31 bits per heavy atom. The van der Waals surface area contributed by atoms with Gasteiger partial charge in [0.05, 0.1) is 13.2 Å². The summed E-state index contributed by atoms with van der Waals surface area (Å²) in [5.74, 6) is 0.530. The highest BCUT2D eigenvalue weighted by atomic mass is 35.5. The second-order valence-corrected chi connectivity index (χ2v) is 3.09. The minimum Gasteiger partial charge on any atom is -0.376 e. The predicted molar refractivity (Wildman–Crippen MR) is 57.0 cm³/mol. The van der Waals surface area contributed by atoms with Crippen LogP contribution in [0.1, 0.15) is 5.56 Å². The van der Waals surface area contributed by atoms with Gasteiger partial charge in [0.2, 0.25) is 0 Å². The Morgan fingerprint density at radius 2 is 2.00 bits per heavy atom. The minimum atomic E-state index is 0.530. The van der Waals surface area contributed by atoms with Crippen LogP contribution in [0, 0.1) is 0 Å². The summed E-state index contributed by atoms with van der Waals surface area (Å²) in [4.78, 5) is 0. The average molecular weight is 197 g/mol. The summed E-state index contributed by atoms with van der Waals surface area (Å²) in [6.45, 7) is 5.06. The first-order valence-corrected chi connectivity index (χ1v) is 4.75. The molecule has 0 amide bonds. The van der Waals surface area contributed by atoms with Crippen LogP contribution in [0.25, 0.3) is 5.57 Å². The quantitative estimate of drug-likeness (QED) is 0.520. The maximum Gasteiger partial charge on any atom is 0.0717 e. The maximum atomic E-state index is 5.48. The zero-order chi connectivity index (χ0) is 9.52. The van der Waals surface area contributed by atoms with Crippen molar-refractivity contribution in [1.82, 2.24) is 0 Å². The standard InChI is InChI=1S/C11H13ClO/c1-10(9-13-8-7-12)11-5-3-2-4-6-11/h2-6H,1,7-9H2. The zero-order valence-electron chi connectivity index (χ0n) is 7.50. The molecule has 0 aliphatic rings. The first-order chi connectivity index (χ1) is 6.34. The molecule has 1 rings (SSSR count). The van der Waals surface area contributed by atoms with Gasteiger partial charge in [-0.15, -0.1) is 11.6 Å². The van der Waals surface area contributed by atoms with E-state index in [1.54, 1.807) is 0 Å². The first kappa shape index (κ1) is 10.3. The van der Waals surface area contributed by atoms with E-state index in [-0.39, 0.29) is 0 Å². The SMILES string of the molecule is C=C(COCCCl)c1ccccc1. The van der Waals surface area contributed by atoms with Crippen LogP contribution in [-0.2, 0) is 4.74 Å². The van der Waals surface area contributed by atoms with Gasteiger partial charge in [0.1, 0.15) is 0 Å². The van der Waals surface area contributed by atoms with E-state index in [1.807, 2.05) is 30.3 Å². The van der Waals surface area contributed by atoms with Crippen molar-refractivity contribution in [2.45, 2.75) is 0 Å². The van der Waals surface area contributed by atoms with Crippen molar-refractivity contribution in [3.05, 3.63) is 42.5 Å². The van der Waals surface area contributed by atoms with Crippen LogP contribution in [0.2, 0.25) is 0 Å². The van der Waals surface area contributed by atoms with E-state index in [2.05, 4.69) is 6.58 Å². The molecule has 0 saturated heterocycles. The van der Waals surface area contributed by atoms with Gasteiger partial charge in [-0.05, 0) is 11.1 Å². The number of hydrogen-bond acceptors (Lipinski definition) is 1. The molecule has 1 aromatic carbocycles. The monoisotopic (exact) mass is 196 g/mol. The van der Waals surface area contributed by atoms with Crippen molar-refractivity contribution in [2.75, 3.05) is 19.1 Å². The van der Waals surface area contributed by atoms with Gasteiger partial charge in [-0.1, -0.05) is 36.9 Å². The first-order valence-electron chi connectivity index (χ1n) is 4.21. The molecular formula is C11H13ClO. The Hall–Kier alpha value is -0.790. The van der Waals surface area contributed by atoms with E-state index in [9.17, 15) is 0 Å². The lowest BCUT2D eigenvalue weighted by Gasteiger charge is -2.05. The Labute approximate surface area is 84.0 Å². The third-order valence-corrected chi connectivity index (χ3v) is 1.83. The number of rotatable bonds is 5. The molecule has 0 atom stereocenters. The highest BCUT2D eigenvalue weighted by Gasteiger charge is 1.96. The Balaban J connectivity index is 2.40. The summed E-state index contributed by atoms with van der Waals surface area (Å²) >= 11 is 5.48. The predicted octanol–water partition coefficient (Wildman–Crippen LogP) is 2.96. The summed E-state index contributed by atoms with van der Waals surface area (Å²) in [6.07, 6.45) is 0. The highest BCUT2D eigenvalue weighted by Crippen LogP contribution is 2.11. The molecule has 1 aromatic rings. The number of benzene rings is 1. The van der Waals surface area contributed by atoms with Gasteiger partial charge in [0.25, 0.3) is 0 Å². The third kappa shape index (κ3) is 3.62. The van der Waals surface area contributed by atoms with Crippen LogP contribution in [0.4, 0.5) is 0 Å². The molecule has 0 radical (unpaired) electrons. The van der Waals surface area contributed by atoms with Gasteiger partial charge in [-0.3, -0.25) is 0 Å². The van der Waals surface area contributed by atoms with Gasteiger partial charge in [-0.25, -0.2) is 0 Å². The van der Waals surface area contributed by atoms with Crippen molar-refractivity contribution in [3.8, 4) is 0 Å². The molecule has 70 valence electrons. The van der Waals surface area contributed by atoms with Crippen molar-refractivity contribution >= 4 is 17.2 Å². The Kier molecular flexibility index (Phi) is 4.58. The molecule has 0 aromatic heterocycles. The van der Waals surface area contributed by atoms with Crippen molar-refractivity contribution < 1.29 is 4.74 Å². The molecule has 0 aliphatic heterocycles. The zero-order valence-corrected chi connectivity index (χ0v) is 8.26. The molecular weight excluding hydrogens is 184 g/mol. The van der Waals surface area contributed by atoms with Crippen LogP contribution >= 0.6 is 11.6 Å². The molecule has 13 heavy (non-hydrogen) atoms. The van der Waals surface area contributed by atoms with Gasteiger partial charge >= 0.3 is 0 Å². The fourth-order valence-electron chi connectivity index (χ4n) is 1.01. The molecule has 0 heterocycles. The summed E-state index contributed by atoms with van der Waals surface area (Å²) in [7, 11) is 0. The van der Waals surface area contributed by atoms with E-state index in [0.717, 1.165) is 11.1 Å². The second kappa shape index (κ2) is 5.79. The molecule has 0 bridgehead atoms. The van der Waals surface area contributed by atoms with Crippen molar-refractivity contribution in [1.29, 1.82) is 0 Å². The fourth-order valence-corrected chi connectivity index (χ4v) is 1.12. The number of alkyl halides is 1. The van der Waals surface area contributed by atoms with E-state index in [4.69, 9.17) is 16.3 Å². The maximum absolute atomic E-state index is 5.48. The minimum absolute atomic E-state index is 0.530. The smallest absolute Gasteiger partial charge is 0.0717 e. The van der Waals surface area contributed by atoms with Crippen molar-refractivity contribution in [2.24, 2.45) is 0 Å². The van der Waals surface area contributed by atoms with Crippen LogP contribution in [0.15, 0.2) is 36.9 Å². The highest BCUT2D eigenvalue weighted by molar-refractivity contribution is 6.17. The molecule has 0 saturated carbocycles. The average Bonchev–Trinajstić information content (AvgIpc) is 2.19. The molecule has 0 N–H and O–H groups in total. The van der Waals surface area contributed by atoms with Gasteiger partial charge in [0.15, 0.2) is 0 Å². The van der Waals surface area contributed by atoms with Gasteiger partial charge < -0.3 is 4.74 Å². The molecule has 0 unspecified atom stereocenters. The molecule has 2 heteroatoms. The van der Waals surface area contributed by atoms with Gasteiger partial charge in [0, 0.05) is 5.88 Å². The largest absolute Gasteiger partial charge is 0.376 e. The summed E-state index contributed by atoms with van der Waals surface area (Å²) in [6, 6.07) is 10.00. The van der Waals surface area contributed by atoms with Crippen LogP contribution in [-0.4, -0.2) is 19.1 Å². The van der Waals surface area contributed by atoms with Crippen molar-refractivity contribution in [3.63, 3.8) is 0 Å². The lowest BCUT2D eigenvalue weighted by molar-refractivity contribution is 0.185. The molecule has 0 aliphatic carbocycles. The van der Waals surface area contributed by atoms with E-state index >= 15 is 0 Å². The number of ether oxygens (including phenoxy) is 1. The normalized spacial score (nSPS) is 9.92. The Bertz CT molecular complexity index is 256. The van der Waals surface area contributed by atoms with E-state index in [1.165, 1.54) is 0 Å². The molecule has 1 nitrogen and oxygen atoms in total. The van der Waals surface area contributed by atoms with Crippen LogP contribution in [0.5, 0.6) is 0 Å². The third-order valence-electron chi connectivity index (χ3n) is 1.68. The van der Waals surface area contributed by atoms with Crippen LogP contribution in [0.3, 0.4) is 0 Å². The lowest BCUT2D eigenvalue weighted by Crippen LogP contribution is -1.99. The number of halogens is 1. The topological polar surface area (TPSA) is 9.23 Å². The van der Waals surface area contributed by atoms with E-state index < -0.39 is 0 Å².